The maximum atomic E-state index is 13.1. The third-order valence-electron chi connectivity index (χ3n) is 4.28. The van der Waals surface area contributed by atoms with Gasteiger partial charge in [-0.15, -0.1) is 0 Å². The summed E-state index contributed by atoms with van der Waals surface area (Å²) in [4.78, 5) is 17.6. The van der Waals surface area contributed by atoms with Gasteiger partial charge in [-0.05, 0) is 35.2 Å². The number of aromatic nitrogens is 1. The van der Waals surface area contributed by atoms with Crippen molar-refractivity contribution in [2.24, 2.45) is 0 Å². The Balaban J connectivity index is 2.07. The lowest BCUT2D eigenvalue weighted by atomic mass is 10.1. The zero-order chi connectivity index (χ0) is 16.5. The first-order valence-electron chi connectivity index (χ1n) is 7.86. The largest absolute Gasteiger partial charge is 0.388 e. The Hall–Kier alpha value is -3.20. The number of pyridine rings is 1. The number of fused-ring (bicyclic) bond motifs is 2. The average Bonchev–Trinajstić information content (AvgIpc) is 2.79. The summed E-state index contributed by atoms with van der Waals surface area (Å²) in [7, 11) is 1.85. The first-order chi connectivity index (χ1) is 11.8. The van der Waals surface area contributed by atoms with Crippen molar-refractivity contribution < 1.29 is 0 Å². The topological polar surface area (TPSA) is 42.0 Å². The molecule has 1 heterocycles. The molecule has 3 aromatic carbocycles. The van der Waals surface area contributed by atoms with Crippen LogP contribution in [0.15, 0.2) is 77.7 Å². The van der Waals surface area contributed by atoms with Crippen molar-refractivity contribution >= 4 is 27.4 Å². The minimum absolute atomic E-state index is 0.00683. The van der Waals surface area contributed by atoms with Crippen LogP contribution in [0.2, 0.25) is 0 Å². The molecule has 0 aliphatic rings. The molecular weight excluding hydrogens is 296 g/mol. The molecule has 0 aliphatic heterocycles. The summed E-state index contributed by atoms with van der Waals surface area (Å²) in [5.74, 6) is 0. The number of hydrogen-bond donors (Lipinski definition) is 1. The van der Waals surface area contributed by atoms with E-state index >= 15 is 0 Å². The molecule has 4 aromatic rings. The number of benzene rings is 2. The van der Waals surface area contributed by atoms with Crippen LogP contribution in [0.5, 0.6) is 0 Å². The number of rotatable bonds is 2. The van der Waals surface area contributed by atoms with E-state index in [9.17, 15) is 4.79 Å². The van der Waals surface area contributed by atoms with Gasteiger partial charge in [0.25, 0.3) is 0 Å². The Kier molecular flexibility index (Phi) is 3.47. The molecule has 1 N–H and O–H groups in total. The van der Waals surface area contributed by atoms with Crippen LogP contribution in [0.25, 0.3) is 32.8 Å². The van der Waals surface area contributed by atoms with Crippen molar-refractivity contribution in [3.05, 3.63) is 83.2 Å². The molecule has 1 aromatic heterocycles. The van der Waals surface area contributed by atoms with Crippen LogP contribution in [-0.4, -0.2) is 12.0 Å². The minimum atomic E-state index is 0.00683. The molecule has 0 atom stereocenters. The Morgan fingerprint density at radius 1 is 0.833 bits per heavy atom. The third-order valence-corrected chi connectivity index (χ3v) is 4.28. The lowest BCUT2D eigenvalue weighted by molar-refractivity contribution is 1.41. The zero-order valence-electron chi connectivity index (χ0n) is 13.3. The Bertz CT molecular complexity index is 1110. The van der Waals surface area contributed by atoms with Gasteiger partial charge in [0.05, 0.1) is 5.52 Å². The Morgan fingerprint density at radius 3 is 2.42 bits per heavy atom. The maximum absolute atomic E-state index is 13.1. The maximum Gasteiger partial charge on any atom is 0.195 e. The second-order valence-corrected chi connectivity index (χ2v) is 5.74. The van der Waals surface area contributed by atoms with E-state index < -0.39 is 0 Å². The monoisotopic (exact) mass is 312 g/mol. The Labute approximate surface area is 139 Å². The second kappa shape index (κ2) is 5.78. The van der Waals surface area contributed by atoms with Crippen LogP contribution in [0, 0.1) is 0 Å². The normalized spacial score (nSPS) is 10.9. The predicted molar refractivity (Wildman–Crippen MR) is 101 cm³/mol. The molecule has 0 aliphatic carbocycles. The highest BCUT2D eigenvalue weighted by Crippen LogP contribution is 2.23. The smallest absolute Gasteiger partial charge is 0.195 e. The fraction of sp³-hybridized carbons (Fsp3) is 0.0476. The molecule has 0 bridgehead atoms. The molecule has 0 amide bonds. The van der Waals surface area contributed by atoms with Gasteiger partial charge in [0.1, 0.15) is 0 Å². The molecule has 0 unspecified atom stereocenters. The zero-order valence-corrected chi connectivity index (χ0v) is 13.3. The van der Waals surface area contributed by atoms with E-state index in [1.165, 1.54) is 0 Å². The number of hydrogen-bond acceptors (Lipinski definition) is 3. The highest BCUT2D eigenvalue weighted by molar-refractivity contribution is 5.94. The summed E-state index contributed by atoms with van der Waals surface area (Å²) < 4.78 is 0. The first-order valence-corrected chi connectivity index (χ1v) is 7.86. The molecule has 0 saturated carbocycles. The van der Waals surface area contributed by atoms with Crippen LogP contribution >= 0.6 is 0 Å². The Morgan fingerprint density at radius 2 is 1.62 bits per heavy atom. The average molecular weight is 312 g/mol. The quantitative estimate of drug-likeness (QED) is 0.594. The van der Waals surface area contributed by atoms with Gasteiger partial charge >= 0.3 is 0 Å². The summed E-state index contributed by atoms with van der Waals surface area (Å²) in [6.07, 6.45) is 1.82. The fourth-order valence-corrected chi connectivity index (χ4v) is 2.95. The van der Waals surface area contributed by atoms with Gasteiger partial charge in [-0.25, -0.2) is 0 Å². The van der Waals surface area contributed by atoms with E-state index in [1.54, 1.807) is 0 Å². The molecule has 0 fully saturated rings. The molecule has 3 nitrogen and oxygen atoms in total. The van der Waals surface area contributed by atoms with E-state index in [0.717, 1.165) is 22.2 Å². The van der Waals surface area contributed by atoms with E-state index in [4.69, 9.17) is 0 Å². The van der Waals surface area contributed by atoms with Gasteiger partial charge in [-0.1, -0.05) is 42.5 Å². The van der Waals surface area contributed by atoms with Gasteiger partial charge in [-0.3, -0.25) is 9.78 Å². The van der Waals surface area contributed by atoms with Crippen molar-refractivity contribution in [1.29, 1.82) is 0 Å². The lowest BCUT2D eigenvalue weighted by Crippen LogP contribution is -2.00. The van der Waals surface area contributed by atoms with Gasteiger partial charge in [0, 0.05) is 35.3 Å². The van der Waals surface area contributed by atoms with Crippen molar-refractivity contribution in [3.63, 3.8) is 0 Å². The van der Waals surface area contributed by atoms with Crippen molar-refractivity contribution in [3.8, 4) is 11.1 Å². The van der Waals surface area contributed by atoms with Crippen molar-refractivity contribution in [2.45, 2.75) is 0 Å². The summed E-state index contributed by atoms with van der Waals surface area (Å²) in [5.41, 5.74) is 3.64. The summed E-state index contributed by atoms with van der Waals surface area (Å²) >= 11 is 0. The molecular formula is C21H16N2O. The van der Waals surface area contributed by atoms with E-state index in [2.05, 4.69) is 10.3 Å². The number of anilines is 1. The van der Waals surface area contributed by atoms with E-state index in [1.807, 2.05) is 80.0 Å². The predicted octanol–water partition coefficient (Wildman–Crippen LogP) is 4.46. The van der Waals surface area contributed by atoms with Gasteiger partial charge in [0.2, 0.25) is 0 Å². The molecule has 3 heteroatoms. The van der Waals surface area contributed by atoms with E-state index in [0.29, 0.717) is 16.3 Å². The molecule has 24 heavy (non-hydrogen) atoms. The molecule has 116 valence electrons. The van der Waals surface area contributed by atoms with Crippen molar-refractivity contribution in [1.82, 2.24) is 4.98 Å². The first kappa shape index (κ1) is 14.4. The van der Waals surface area contributed by atoms with Gasteiger partial charge in [-0.2, -0.15) is 0 Å². The standard InChI is InChI=1S/C21H16N2O/c1-22-17-9-7-15-8-10-20-19(21(24)18(15)12-17)11-16(13-23-20)14-5-3-2-4-6-14/h2-13,22H,1H3. The molecule has 0 saturated heterocycles. The highest BCUT2D eigenvalue weighted by atomic mass is 16.1. The fourth-order valence-electron chi connectivity index (χ4n) is 2.95. The number of nitrogens with zero attached hydrogens (tertiary/aromatic N) is 1. The van der Waals surface area contributed by atoms with Gasteiger partial charge in [0.15, 0.2) is 5.43 Å². The van der Waals surface area contributed by atoms with E-state index in [-0.39, 0.29) is 5.43 Å². The molecule has 4 rings (SSSR count). The second-order valence-electron chi connectivity index (χ2n) is 5.74. The SMILES string of the molecule is CNc1ccc2ccc3ncc(-c4ccccc4)cc3c(=O)c2c1. The molecule has 0 spiro atoms. The van der Waals surface area contributed by atoms with Crippen LogP contribution in [0.4, 0.5) is 5.69 Å². The van der Waals surface area contributed by atoms with Crippen LogP contribution in [0.3, 0.4) is 0 Å². The van der Waals surface area contributed by atoms with Gasteiger partial charge < -0.3 is 5.32 Å². The van der Waals surface area contributed by atoms with Crippen LogP contribution < -0.4 is 10.7 Å². The summed E-state index contributed by atoms with van der Waals surface area (Å²) in [5, 5.41) is 5.34. The minimum Gasteiger partial charge on any atom is -0.388 e. The third kappa shape index (κ3) is 2.40. The molecule has 0 radical (unpaired) electrons. The summed E-state index contributed by atoms with van der Waals surface area (Å²) in [6.45, 7) is 0. The summed E-state index contributed by atoms with van der Waals surface area (Å²) in [6, 6.07) is 21.6. The number of nitrogens with one attached hydrogen (secondary N) is 1. The van der Waals surface area contributed by atoms with Crippen LogP contribution in [-0.2, 0) is 0 Å². The highest BCUT2D eigenvalue weighted by Gasteiger charge is 2.06. The lowest BCUT2D eigenvalue weighted by Gasteiger charge is -2.02. The van der Waals surface area contributed by atoms with Crippen LogP contribution in [0.1, 0.15) is 0 Å². The van der Waals surface area contributed by atoms with Crippen molar-refractivity contribution in [2.75, 3.05) is 12.4 Å².